The molecule has 1 amide bonds. The van der Waals surface area contributed by atoms with Crippen molar-refractivity contribution in [2.24, 2.45) is 0 Å². The van der Waals surface area contributed by atoms with Gasteiger partial charge in [-0.15, -0.1) is 0 Å². The van der Waals surface area contributed by atoms with Crippen molar-refractivity contribution in [1.29, 1.82) is 0 Å². The van der Waals surface area contributed by atoms with Crippen molar-refractivity contribution in [2.45, 2.75) is 72.9 Å². The van der Waals surface area contributed by atoms with E-state index in [2.05, 4.69) is 47.9 Å². The first-order valence-corrected chi connectivity index (χ1v) is 12.4. The van der Waals surface area contributed by atoms with Crippen molar-refractivity contribution in [3.8, 4) is 5.75 Å². The summed E-state index contributed by atoms with van der Waals surface area (Å²) in [6.07, 6.45) is 4.60. The van der Waals surface area contributed by atoms with Crippen molar-refractivity contribution >= 4 is 16.9 Å². The molecule has 0 aliphatic carbocycles. The number of quaternary nitrogens is 1. The molecule has 0 aliphatic rings. The highest BCUT2D eigenvalue weighted by Gasteiger charge is 2.27. The maximum atomic E-state index is 12.8. The van der Waals surface area contributed by atoms with Crippen LogP contribution in [0.15, 0.2) is 45.1 Å². The number of carbonyl (C=O) groups is 1. The van der Waals surface area contributed by atoms with E-state index in [4.69, 9.17) is 9.15 Å². The molecule has 6 nitrogen and oxygen atoms in total. The number of likely N-dealkylation sites (N-methyl/N-ethyl adjacent to an activating group) is 1. The highest BCUT2D eigenvalue weighted by molar-refractivity contribution is 5.82. The number of benzene rings is 1. The number of allylic oxidation sites excluding steroid dienone is 2. The van der Waals surface area contributed by atoms with Gasteiger partial charge in [-0.1, -0.05) is 11.6 Å². The van der Waals surface area contributed by atoms with Gasteiger partial charge in [0.2, 0.25) is 0 Å². The lowest BCUT2D eigenvalue weighted by Gasteiger charge is -2.35. The third-order valence-corrected chi connectivity index (χ3v) is 5.94. The number of ether oxygens (including phenoxy) is 1. The second kappa shape index (κ2) is 13.8. The maximum absolute atomic E-state index is 12.8. The predicted molar refractivity (Wildman–Crippen MR) is 139 cm³/mol. The predicted octanol–water partition coefficient (Wildman–Crippen LogP) is 2.19. The van der Waals surface area contributed by atoms with Crippen LogP contribution in [0.2, 0.25) is 0 Å². The van der Waals surface area contributed by atoms with Gasteiger partial charge in [0.15, 0.2) is 6.54 Å². The van der Waals surface area contributed by atoms with Gasteiger partial charge in [-0.3, -0.25) is 4.79 Å². The van der Waals surface area contributed by atoms with Gasteiger partial charge in [-0.05, 0) is 79.0 Å². The number of unbranched alkanes of at least 4 members (excludes halogenated alkanes) is 1. The van der Waals surface area contributed by atoms with Gasteiger partial charge in [-0.2, -0.15) is 0 Å². The first-order chi connectivity index (χ1) is 15.9. The first kappa shape index (κ1) is 30.9. The van der Waals surface area contributed by atoms with E-state index in [1.165, 1.54) is 11.6 Å². The number of hydrogen-bond acceptors (Lipinski definition) is 4. The SMILES string of the molecule is CC(C)=CCc1c(OCCCC[N+](C)(C)CC(=O)N(C(C)C)C(C)C)ccc2ccc(=O)oc12.[Br-]. The fourth-order valence-corrected chi connectivity index (χ4v) is 4.33. The summed E-state index contributed by atoms with van der Waals surface area (Å²) in [7, 11) is 4.22. The molecule has 0 bridgehead atoms. The Kier molecular flexibility index (Phi) is 12.2. The van der Waals surface area contributed by atoms with Crippen molar-refractivity contribution in [2.75, 3.05) is 33.8 Å². The van der Waals surface area contributed by atoms with E-state index in [1.54, 1.807) is 6.07 Å². The molecule has 1 aromatic heterocycles. The number of carbonyl (C=O) groups excluding carboxylic acids is 1. The van der Waals surface area contributed by atoms with Crippen LogP contribution in [0.25, 0.3) is 11.0 Å². The average molecular weight is 552 g/mol. The summed E-state index contributed by atoms with van der Waals surface area (Å²) in [5.74, 6) is 0.959. The van der Waals surface area contributed by atoms with Gasteiger partial charge in [-0.25, -0.2) is 4.79 Å². The highest BCUT2D eigenvalue weighted by atomic mass is 79.9. The summed E-state index contributed by atoms with van der Waals surface area (Å²) in [5.41, 5.74) is 2.34. The molecule has 2 rings (SSSR count). The van der Waals surface area contributed by atoms with Gasteiger partial charge < -0.3 is 35.5 Å². The Morgan fingerprint density at radius 1 is 1.06 bits per heavy atom. The van der Waals surface area contributed by atoms with Crippen molar-refractivity contribution in [1.82, 2.24) is 4.90 Å². The number of halogens is 1. The van der Waals surface area contributed by atoms with Crippen LogP contribution in [0.5, 0.6) is 5.75 Å². The Morgan fingerprint density at radius 3 is 2.29 bits per heavy atom. The zero-order chi connectivity index (χ0) is 25.5. The van der Waals surface area contributed by atoms with Crippen LogP contribution in [-0.2, 0) is 11.2 Å². The zero-order valence-corrected chi connectivity index (χ0v) is 24.3. The molecule has 0 unspecified atom stereocenters. The molecule has 7 heteroatoms. The lowest BCUT2D eigenvalue weighted by molar-refractivity contribution is -0.883. The summed E-state index contributed by atoms with van der Waals surface area (Å²) in [4.78, 5) is 26.6. The van der Waals surface area contributed by atoms with Gasteiger partial charge in [0.1, 0.15) is 11.3 Å². The van der Waals surface area contributed by atoms with Crippen LogP contribution in [0.3, 0.4) is 0 Å². The van der Waals surface area contributed by atoms with E-state index in [-0.39, 0.29) is 40.6 Å². The first-order valence-electron chi connectivity index (χ1n) is 12.4. The quantitative estimate of drug-likeness (QED) is 0.176. The zero-order valence-electron chi connectivity index (χ0n) is 22.7. The smallest absolute Gasteiger partial charge is 0.336 e. The molecule has 0 saturated heterocycles. The van der Waals surface area contributed by atoms with Crippen LogP contribution in [0.1, 0.15) is 59.9 Å². The van der Waals surface area contributed by atoms with E-state index in [0.29, 0.717) is 29.6 Å². The Labute approximate surface area is 221 Å². The summed E-state index contributed by atoms with van der Waals surface area (Å²) >= 11 is 0. The number of hydrogen-bond donors (Lipinski definition) is 0. The number of amides is 1. The molecule has 0 spiro atoms. The Bertz CT molecular complexity index is 1040. The fourth-order valence-electron chi connectivity index (χ4n) is 4.33. The van der Waals surface area contributed by atoms with E-state index in [1.807, 2.05) is 30.9 Å². The molecular formula is C28H43BrN2O4. The molecule has 0 radical (unpaired) electrons. The van der Waals surface area contributed by atoms with Gasteiger partial charge in [0.05, 0.1) is 27.2 Å². The van der Waals surface area contributed by atoms with E-state index >= 15 is 0 Å². The van der Waals surface area contributed by atoms with Crippen LogP contribution in [0, 0.1) is 0 Å². The molecule has 0 atom stereocenters. The summed E-state index contributed by atoms with van der Waals surface area (Å²) < 4.78 is 12.3. The molecule has 0 aliphatic heterocycles. The molecule has 1 aromatic carbocycles. The minimum absolute atomic E-state index is 0. The normalized spacial score (nSPS) is 11.5. The summed E-state index contributed by atoms with van der Waals surface area (Å²) in [6, 6.07) is 7.53. The Hall–Kier alpha value is -2.12. The summed E-state index contributed by atoms with van der Waals surface area (Å²) in [5, 5.41) is 0.893. The van der Waals surface area contributed by atoms with Crippen molar-refractivity contribution in [3.05, 3.63) is 51.9 Å². The van der Waals surface area contributed by atoms with E-state index in [0.717, 1.165) is 36.1 Å². The van der Waals surface area contributed by atoms with E-state index < -0.39 is 0 Å². The molecule has 0 saturated carbocycles. The third-order valence-electron chi connectivity index (χ3n) is 5.94. The van der Waals surface area contributed by atoms with Gasteiger partial charge in [0.25, 0.3) is 5.91 Å². The molecule has 35 heavy (non-hydrogen) atoms. The molecule has 0 N–H and O–H groups in total. The molecule has 196 valence electrons. The van der Waals surface area contributed by atoms with Crippen molar-refractivity contribution < 1.29 is 35.4 Å². The van der Waals surface area contributed by atoms with Crippen LogP contribution in [0.4, 0.5) is 0 Å². The number of rotatable bonds is 12. The Balaban J connectivity index is 0.00000612. The average Bonchev–Trinajstić information content (AvgIpc) is 2.71. The second-order valence-corrected chi connectivity index (χ2v) is 10.6. The molecular weight excluding hydrogens is 508 g/mol. The largest absolute Gasteiger partial charge is 1.00 e. The fraction of sp³-hybridized carbons (Fsp3) is 0.571. The number of nitrogens with zero attached hydrogens (tertiary/aromatic N) is 2. The minimum atomic E-state index is -0.355. The molecule has 1 heterocycles. The summed E-state index contributed by atoms with van der Waals surface area (Å²) in [6.45, 7) is 14.3. The lowest BCUT2D eigenvalue weighted by Crippen LogP contribution is -3.00. The van der Waals surface area contributed by atoms with E-state index in [9.17, 15) is 9.59 Å². The monoisotopic (exact) mass is 550 g/mol. The third kappa shape index (κ3) is 9.45. The van der Waals surface area contributed by atoms with Crippen molar-refractivity contribution in [3.63, 3.8) is 0 Å². The second-order valence-electron chi connectivity index (χ2n) is 10.6. The topological polar surface area (TPSA) is 59.8 Å². The molecule has 2 aromatic rings. The molecule has 0 fully saturated rings. The van der Waals surface area contributed by atoms with Gasteiger partial charge >= 0.3 is 5.63 Å². The van der Waals surface area contributed by atoms with Gasteiger partial charge in [0, 0.05) is 29.1 Å². The maximum Gasteiger partial charge on any atom is 0.336 e. The van der Waals surface area contributed by atoms with Crippen LogP contribution in [-0.4, -0.2) is 61.2 Å². The minimum Gasteiger partial charge on any atom is -1.00 e. The van der Waals surface area contributed by atoms with Crippen LogP contribution < -0.4 is 27.3 Å². The standard InChI is InChI=1S/C28H43N2O4.BrH/c1-20(2)11-14-24-25(15-12-23-13-16-27(32)34-28(23)24)33-18-10-9-17-30(7,8)19-26(31)29(21(3)4)22(5)6;/h11-13,15-16,21-22H,9-10,14,17-19H2,1-8H3;1H/q+1;/p-1. The van der Waals surface area contributed by atoms with Crippen LogP contribution >= 0.6 is 0 Å². The Morgan fingerprint density at radius 2 is 1.69 bits per heavy atom. The lowest BCUT2D eigenvalue weighted by atomic mass is 10.1. The number of fused-ring (bicyclic) bond motifs is 1. The highest BCUT2D eigenvalue weighted by Crippen LogP contribution is 2.28.